The molecule has 0 fully saturated rings. The van der Waals surface area contributed by atoms with Crippen molar-refractivity contribution in [2.75, 3.05) is 0 Å². The summed E-state index contributed by atoms with van der Waals surface area (Å²) in [6.07, 6.45) is 0. The van der Waals surface area contributed by atoms with Crippen LogP contribution in [0.15, 0.2) is 94.1 Å². The van der Waals surface area contributed by atoms with Gasteiger partial charge in [-0.15, -0.1) is 0 Å². The van der Waals surface area contributed by atoms with E-state index in [4.69, 9.17) is 4.84 Å². The van der Waals surface area contributed by atoms with Gasteiger partial charge < -0.3 is 9.94 Å². The second-order valence-electron chi connectivity index (χ2n) is 7.83. The van der Waals surface area contributed by atoms with Gasteiger partial charge in [0.05, 0.1) is 5.56 Å². The average Bonchev–Trinajstić information content (AvgIpc) is 2.92. The van der Waals surface area contributed by atoms with Crippen molar-refractivity contribution in [3.05, 3.63) is 95.6 Å². The minimum atomic E-state index is -4.14. The van der Waals surface area contributed by atoms with Crippen molar-refractivity contribution in [3.63, 3.8) is 0 Å². The fourth-order valence-corrected chi connectivity index (χ4v) is 3.66. The first-order valence-electron chi connectivity index (χ1n) is 11.1. The Hall–Kier alpha value is -4.64. The van der Waals surface area contributed by atoms with E-state index in [1.54, 1.807) is 61.5 Å². The third-order valence-electron chi connectivity index (χ3n) is 4.86. The number of aryl methyl sites for hydroxylation is 1. The summed E-state index contributed by atoms with van der Waals surface area (Å²) in [5.74, 6) is -1.45. The molecule has 0 bridgehead atoms. The lowest BCUT2D eigenvalue weighted by molar-refractivity contribution is -0.111. The van der Waals surface area contributed by atoms with Crippen LogP contribution in [-0.4, -0.2) is 42.5 Å². The summed E-state index contributed by atoms with van der Waals surface area (Å²) in [5, 5.41) is 16.1. The molecule has 0 aromatic heterocycles. The Balaban J connectivity index is 0.000000269. The van der Waals surface area contributed by atoms with Gasteiger partial charge in [0.15, 0.2) is 5.78 Å². The lowest BCUT2D eigenvalue weighted by Crippen LogP contribution is -2.12. The van der Waals surface area contributed by atoms with Gasteiger partial charge in [0.2, 0.25) is 5.78 Å². The highest BCUT2D eigenvalue weighted by Gasteiger charge is 2.20. The van der Waals surface area contributed by atoms with E-state index in [2.05, 4.69) is 14.6 Å². The number of ketones is 2. The van der Waals surface area contributed by atoms with Crippen LogP contribution in [0.25, 0.3) is 0 Å². The summed E-state index contributed by atoms with van der Waals surface area (Å²) in [6.45, 7) is 5.65. The van der Waals surface area contributed by atoms with Crippen molar-refractivity contribution in [1.82, 2.24) is 0 Å². The predicted molar refractivity (Wildman–Crippen MR) is 141 cm³/mol. The number of phenolic OH excluding ortho intramolecular Hbond substituents is 1. The highest BCUT2D eigenvalue weighted by molar-refractivity contribution is 7.86. The van der Waals surface area contributed by atoms with E-state index < -0.39 is 21.9 Å². The molecular weight excluding hydrogens is 512 g/mol. The molecule has 0 aliphatic heterocycles. The molecule has 0 saturated carbocycles. The molecule has 0 aliphatic carbocycles. The molecule has 11 heteroatoms. The largest absolute Gasteiger partial charge is 0.508 e. The van der Waals surface area contributed by atoms with Gasteiger partial charge in [0.1, 0.15) is 22.1 Å². The number of hydrogen-bond donors (Lipinski definition) is 1. The van der Waals surface area contributed by atoms with Gasteiger partial charge in [-0.05, 0) is 44.5 Å². The molecule has 0 saturated heterocycles. The molecule has 0 amide bonds. The molecule has 1 N–H and O–H groups in total. The lowest BCUT2D eigenvalue weighted by Gasteiger charge is -2.05. The third-order valence-corrected chi connectivity index (χ3v) is 6.11. The van der Waals surface area contributed by atoms with Crippen molar-refractivity contribution in [2.24, 2.45) is 10.3 Å². The molecule has 198 valence electrons. The van der Waals surface area contributed by atoms with Crippen molar-refractivity contribution in [2.45, 2.75) is 32.6 Å². The zero-order valence-corrected chi connectivity index (χ0v) is 21.9. The molecule has 38 heavy (non-hydrogen) atoms. The molecule has 0 atom stereocenters. The Labute approximate surface area is 220 Å². The number of carbonyl (C=O) groups is 3. The molecule has 10 nitrogen and oxygen atoms in total. The van der Waals surface area contributed by atoms with Crippen molar-refractivity contribution >= 4 is 39.1 Å². The zero-order chi connectivity index (χ0) is 28.3. The van der Waals surface area contributed by atoms with Gasteiger partial charge in [-0.1, -0.05) is 64.9 Å². The summed E-state index contributed by atoms with van der Waals surface area (Å²) < 4.78 is 28.0. The molecular formula is C27H26N2O8S. The van der Waals surface area contributed by atoms with E-state index in [9.17, 15) is 27.9 Å². The van der Waals surface area contributed by atoms with Gasteiger partial charge in [0.25, 0.3) is 0 Å². The monoisotopic (exact) mass is 538 g/mol. The first-order valence-corrected chi connectivity index (χ1v) is 12.5. The van der Waals surface area contributed by atoms with Gasteiger partial charge in [-0.25, -0.2) is 4.79 Å². The van der Waals surface area contributed by atoms with Crippen LogP contribution in [0.4, 0.5) is 0 Å². The summed E-state index contributed by atoms with van der Waals surface area (Å²) in [7, 11) is -4.14. The quantitative estimate of drug-likeness (QED) is 0.191. The minimum absolute atomic E-state index is 0.0589. The smallest absolute Gasteiger partial charge is 0.365 e. The van der Waals surface area contributed by atoms with E-state index in [-0.39, 0.29) is 27.9 Å². The molecule has 0 aliphatic rings. The standard InChI is InChI=1S/C16H13NO3.C11H13NO5S/c1-12(15(18)13-8-4-2-5-9-13)17-20-16(19)14-10-6-3-7-11-14;1-7-4-5-10(14)6-11(7)18(15,16)17-12-8(2)9(3)13/h2-11H,1H3;4-6,14H,1-3H3. The average molecular weight is 539 g/mol. The highest BCUT2D eigenvalue weighted by atomic mass is 32.2. The van der Waals surface area contributed by atoms with Crippen LogP contribution in [-0.2, 0) is 24.0 Å². The van der Waals surface area contributed by atoms with Crippen LogP contribution in [0.2, 0.25) is 0 Å². The lowest BCUT2D eigenvalue weighted by atomic mass is 10.1. The highest BCUT2D eigenvalue weighted by Crippen LogP contribution is 2.22. The van der Waals surface area contributed by atoms with Crippen LogP contribution in [0.3, 0.4) is 0 Å². The number of rotatable bonds is 8. The number of benzene rings is 3. The van der Waals surface area contributed by atoms with Gasteiger partial charge in [-0.2, -0.15) is 8.42 Å². The Morgan fingerprint density at radius 2 is 1.32 bits per heavy atom. The van der Waals surface area contributed by atoms with Gasteiger partial charge in [-0.3, -0.25) is 13.9 Å². The first-order chi connectivity index (χ1) is 17.9. The second kappa shape index (κ2) is 13.6. The molecule has 0 heterocycles. The predicted octanol–water partition coefficient (Wildman–Crippen LogP) is 4.47. The van der Waals surface area contributed by atoms with E-state index in [0.29, 0.717) is 16.7 Å². The summed E-state index contributed by atoms with van der Waals surface area (Å²) >= 11 is 0. The maximum Gasteiger partial charge on any atom is 0.365 e. The topological polar surface area (TPSA) is 149 Å². The van der Waals surface area contributed by atoms with Crippen molar-refractivity contribution in [1.29, 1.82) is 0 Å². The zero-order valence-electron chi connectivity index (χ0n) is 21.1. The molecule has 3 rings (SSSR count). The number of nitrogens with zero attached hydrogens (tertiary/aromatic N) is 2. The number of Topliss-reactive ketones (excluding diaryl/α,β-unsaturated/α-hetero) is 2. The van der Waals surface area contributed by atoms with Crippen LogP contribution in [0.5, 0.6) is 5.75 Å². The Morgan fingerprint density at radius 3 is 1.87 bits per heavy atom. The van der Waals surface area contributed by atoms with Crippen molar-refractivity contribution in [3.8, 4) is 5.75 Å². The van der Waals surface area contributed by atoms with Crippen LogP contribution >= 0.6 is 0 Å². The summed E-state index contributed by atoms with van der Waals surface area (Å²) in [6, 6.07) is 21.0. The summed E-state index contributed by atoms with van der Waals surface area (Å²) in [5.41, 5.74) is 1.36. The molecule has 0 radical (unpaired) electrons. The molecule has 0 unspecified atom stereocenters. The number of oxime groups is 2. The van der Waals surface area contributed by atoms with Crippen LogP contribution < -0.4 is 0 Å². The number of aromatic hydroxyl groups is 1. The van der Waals surface area contributed by atoms with E-state index in [1.165, 1.54) is 32.9 Å². The second-order valence-corrected chi connectivity index (χ2v) is 9.33. The normalized spacial score (nSPS) is 11.6. The third kappa shape index (κ3) is 8.79. The SMILES string of the molecule is CC(=NOC(=O)c1ccccc1)C(=O)c1ccccc1.CC(=O)C(C)=NOS(=O)(=O)c1cc(O)ccc1C. The van der Waals surface area contributed by atoms with Gasteiger partial charge >= 0.3 is 16.1 Å². The molecule has 3 aromatic carbocycles. The van der Waals surface area contributed by atoms with E-state index in [0.717, 1.165) is 6.07 Å². The minimum Gasteiger partial charge on any atom is -0.508 e. The summed E-state index contributed by atoms with van der Waals surface area (Å²) in [4.78, 5) is 39.1. The fraction of sp³-hybridized carbons (Fsp3) is 0.148. The number of hydrogen-bond acceptors (Lipinski definition) is 10. The van der Waals surface area contributed by atoms with E-state index >= 15 is 0 Å². The number of carbonyl (C=O) groups excluding carboxylic acids is 3. The van der Waals surface area contributed by atoms with Crippen molar-refractivity contribution < 1.29 is 37.0 Å². The maximum atomic E-state index is 12.0. The number of phenols is 1. The molecule has 3 aromatic rings. The fourth-order valence-electron chi connectivity index (χ4n) is 2.64. The van der Waals surface area contributed by atoms with Crippen LogP contribution in [0.1, 0.15) is 47.1 Å². The first kappa shape index (κ1) is 29.6. The van der Waals surface area contributed by atoms with Crippen LogP contribution in [0, 0.1) is 6.92 Å². The molecule has 0 spiro atoms. The Morgan fingerprint density at radius 1 is 0.763 bits per heavy atom. The maximum absolute atomic E-state index is 12.0. The van der Waals surface area contributed by atoms with E-state index in [1.807, 2.05) is 6.07 Å². The Bertz CT molecular complexity index is 1470. The van der Waals surface area contributed by atoms with Gasteiger partial charge in [0, 0.05) is 18.6 Å². The Kier molecular flexibility index (Phi) is 10.6.